The standard InChI is InChI=1S/C22H28N2O3S/c25-21(23-16-8-4-5-9-16)20(19-13-7-15-28-19)24(17-10-2-1-3-11-17)22(26)18-12-6-14-27-18/h6-7,12-17,20H,1-5,8-11H2,(H,23,25)/t20-/m1/s1. The highest BCUT2D eigenvalue weighted by Crippen LogP contribution is 2.34. The van der Waals surface area contributed by atoms with Gasteiger partial charge in [-0.15, -0.1) is 11.3 Å². The summed E-state index contributed by atoms with van der Waals surface area (Å²) in [6.45, 7) is 0. The van der Waals surface area contributed by atoms with Crippen molar-refractivity contribution < 1.29 is 14.0 Å². The number of nitrogens with zero attached hydrogens (tertiary/aromatic N) is 1. The Hall–Kier alpha value is -2.08. The quantitative estimate of drug-likeness (QED) is 0.749. The maximum atomic E-state index is 13.4. The van der Waals surface area contributed by atoms with Crippen LogP contribution in [0.4, 0.5) is 0 Å². The van der Waals surface area contributed by atoms with Gasteiger partial charge >= 0.3 is 0 Å². The largest absolute Gasteiger partial charge is 0.459 e. The molecule has 2 aliphatic rings. The second-order valence-electron chi connectivity index (χ2n) is 7.89. The predicted octanol–water partition coefficient (Wildman–Crippen LogP) is 4.92. The molecule has 0 radical (unpaired) electrons. The third kappa shape index (κ3) is 4.17. The summed E-state index contributed by atoms with van der Waals surface area (Å²) < 4.78 is 5.43. The number of furan rings is 1. The van der Waals surface area contributed by atoms with Crippen molar-refractivity contribution in [2.75, 3.05) is 0 Å². The van der Waals surface area contributed by atoms with Crippen LogP contribution >= 0.6 is 11.3 Å². The molecule has 2 aliphatic carbocycles. The Balaban J connectivity index is 1.67. The van der Waals surface area contributed by atoms with Gasteiger partial charge in [-0.25, -0.2) is 0 Å². The molecule has 2 aromatic heterocycles. The van der Waals surface area contributed by atoms with Crippen molar-refractivity contribution >= 4 is 23.2 Å². The summed E-state index contributed by atoms with van der Waals surface area (Å²) >= 11 is 1.54. The minimum atomic E-state index is -0.596. The number of rotatable bonds is 6. The first-order valence-corrected chi connectivity index (χ1v) is 11.3. The van der Waals surface area contributed by atoms with E-state index >= 15 is 0 Å². The van der Waals surface area contributed by atoms with Crippen molar-refractivity contribution in [3.63, 3.8) is 0 Å². The third-order valence-corrected chi connectivity index (χ3v) is 6.90. The van der Waals surface area contributed by atoms with Gasteiger partial charge in [0.25, 0.3) is 5.91 Å². The van der Waals surface area contributed by atoms with E-state index in [0.29, 0.717) is 5.76 Å². The third-order valence-electron chi connectivity index (χ3n) is 5.98. The number of thiophene rings is 1. The van der Waals surface area contributed by atoms with E-state index in [1.165, 1.54) is 24.0 Å². The monoisotopic (exact) mass is 400 g/mol. The van der Waals surface area contributed by atoms with Crippen LogP contribution in [0.5, 0.6) is 0 Å². The minimum absolute atomic E-state index is 0.0557. The number of amides is 2. The lowest BCUT2D eigenvalue weighted by Gasteiger charge is -2.39. The number of hydrogen-bond donors (Lipinski definition) is 1. The zero-order valence-corrected chi connectivity index (χ0v) is 17.0. The Bertz CT molecular complexity index is 760. The van der Waals surface area contributed by atoms with Crippen LogP contribution in [-0.2, 0) is 4.79 Å². The van der Waals surface area contributed by atoms with Gasteiger partial charge in [0.1, 0.15) is 6.04 Å². The molecular weight excluding hydrogens is 372 g/mol. The van der Waals surface area contributed by atoms with Crippen LogP contribution in [0.2, 0.25) is 0 Å². The molecular formula is C22H28N2O3S. The summed E-state index contributed by atoms with van der Waals surface area (Å²) in [6, 6.07) is 7.03. The van der Waals surface area contributed by atoms with Gasteiger partial charge in [0.2, 0.25) is 5.91 Å². The summed E-state index contributed by atoms with van der Waals surface area (Å²) in [4.78, 5) is 29.6. The molecule has 0 aromatic carbocycles. The van der Waals surface area contributed by atoms with Crippen LogP contribution < -0.4 is 5.32 Å². The SMILES string of the molecule is O=C(NC1CCCC1)[C@@H](c1cccs1)N(C(=O)c1ccco1)C1CCCCC1. The van der Waals surface area contributed by atoms with Crippen LogP contribution in [0.1, 0.15) is 79.3 Å². The first-order chi connectivity index (χ1) is 13.7. The maximum absolute atomic E-state index is 13.4. The Morgan fingerprint density at radius 1 is 1.04 bits per heavy atom. The highest BCUT2D eigenvalue weighted by Gasteiger charge is 2.39. The first kappa shape index (κ1) is 19.2. The molecule has 0 saturated heterocycles. The van der Waals surface area contributed by atoms with Crippen molar-refractivity contribution in [3.05, 3.63) is 46.5 Å². The van der Waals surface area contributed by atoms with Crippen LogP contribution in [0.25, 0.3) is 0 Å². The lowest BCUT2D eigenvalue weighted by molar-refractivity contribution is -0.127. The number of hydrogen-bond acceptors (Lipinski definition) is 4. The Morgan fingerprint density at radius 3 is 2.43 bits per heavy atom. The summed E-state index contributed by atoms with van der Waals surface area (Å²) in [6.07, 6.45) is 11.1. The van der Waals surface area contributed by atoms with E-state index in [9.17, 15) is 9.59 Å². The van der Waals surface area contributed by atoms with Gasteiger partial charge in [0, 0.05) is 17.0 Å². The second-order valence-corrected chi connectivity index (χ2v) is 8.87. The zero-order valence-electron chi connectivity index (χ0n) is 16.1. The molecule has 0 unspecified atom stereocenters. The van der Waals surface area contributed by atoms with Crippen LogP contribution in [0.3, 0.4) is 0 Å². The van der Waals surface area contributed by atoms with E-state index in [0.717, 1.165) is 56.2 Å². The molecule has 2 saturated carbocycles. The average Bonchev–Trinajstić information content (AvgIpc) is 3.49. The van der Waals surface area contributed by atoms with E-state index in [1.807, 2.05) is 22.4 Å². The lowest BCUT2D eigenvalue weighted by Crippen LogP contribution is -2.50. The molecule has 2 aromatic rings. The topological polar surface area (TPSA) is 62.6 Å². The zero-order chi connectivity index (χ0) is 19.3. The average molecular weight is 401 g/mol. The molecule has 1 N–H and O–H groups in total. The van der Waals surface area contributed by atoms with Gasteiger partial charge in [-0.05, 0) is 49.3 Å². The van der Waals surface area contributed by atoms with E-state index in [4.69, 9.17) is 4.42 Å². The molecule has 6 heteroatoms. The Morgan fingerprint density at radius 2 is 1.79 bits per heavy atom. The van der Waals surface area contributed by atoms with E-state index in [1.54, 1.807) is 12.1 Å². The van der Waals surface area contributed by atoms with Gasteiger partial charge in [-0.2, -0.15) is 0 Å². The van der Waals surface area contributed by atoms with Gasteiger partial charge in [0.15, 0.2) is 5.76 Å². The number of carbonyl (C=O) groups is 2. The molecule has 2 heterocycles. The normalized spacial score (nSPS) is 19.4. The molecule has 1 atom stereocenters. The van der Waals surface area contributed by atoms with Crippen molar-refractivity contribution in [1.82, 2.24) is 10.2 Å². The molecule has 0 bridgehead atoms. The van der Waals surface area contributed by atoms with Gasteiger partial charge in [-0.3, -0.25) is 9.59 Å². The van der Waals surface area contributed by atoms with Gasteiger partial charge in [0.05, 0.1) is 6.26 Å². The number of nitrogens with one attached hydrogen (secondary N) is 1. The fraction of sp³-hybridized carbons (Fsp3) is 0.545. The molecule has 0 aliphatic heterocycles. The van der Waals surface area contributed by atoms with Crippen molar-refractivity contribution in [2.45, 2.75) is 75.9 Å². The molecule has 150 valence electrons. The fourth-order valence-corrected chi connectivity index (χ4v) is 5.39. The van der Waals surface area contributed by atoms with Crippen LogP contribution in [-0.4, -0.2) is 28.8 Å². The summed E-state index contributed by atoms with van der Waals surface area (Å²) in [5, 5.41) is 5.20. The fourth-order valence-electron chi connectivity index (χ4n) is 4.57. The van der Waals surface area contributed by atoms with Gasteiger partial charge < -0.3 is 14.6 Å². The highest BCUT2D eigenvalue weighted by atomic mass is 32.1. The smallest absolute Gasteiger partial charge is 0.290 e. The van der Waals surface area contributed by atoms with E-state index in [-0.39, 0.29) is 23.9 Å². The van der Waals surface area contributed by atoms with Crippen LogP contribution in [0.15, 0.2) is 40.3 Å². The maximum Gasteiger partial charge on any atom is 0.290 e. The van der Waals surface area contributed by atoms with Crippen molar-refractivity contribution in [1.29, 1.82) is 0 Å². The van der Waals surface area contributed by atoms with E-state index < -0.39 is 6.04 Å². The predicted molar refractivity (Wildman–Crippen MR) is 109 cm³/mol. The second kappa shape index (κ2) is 8.95. The summed E-state index contributed by atoms with van der Waals surface area (Å²) in [5.74, 6) is 0.0671. The summed E-state index contributed by atoms with van der Waals surface area (Å²) in [5.41, 5.74) is 0. The van der Waals surface area contributed by atoms with Crippen molar-refractivity contribution in [3.8, 4) is 0 Å². The molecule has 2 fully saturated rings. The Kier molecular flexibility index (Phi) is 6.15. The Labute approximate surface area is 170 Å². The first-order valence-electron chi connectivity index (χ1n) is 10.4. The summed E-state index contributed by atoms with van der Waals surface area (Å²) in [7, 11) is 0. The van der Waals surface area contributed by atoms with E-state index in [2.05, 4.69) is 5.32 Å². The molecule has 2 amide bonds. The van der Waals surface area contributed by atoms with Gasteiger partial charge in [-0.1, -0.05) is 38.2 Å². The molecule has 4 rings (SSSR count). The number of carbonyl (C=O) groups excluding carboxylic acids is 2. The highest BCUT2D eigenvalue weighted by molar-refractivity contribution is 7.10. The van der Waals surface area contributed by atoms with Crippen molar-refractivity contribution in [2.24, 2.45) is 0 Å². The minimum Gasteiger partial charge on any atom is -0.459 e. The van der Waals surface area contributed by atoms with Crippen LogP contribution in [0, 0.1) is 0 Å². The lowest BCUT2D eigenvalue weighted by atomic mass is 9.92. The molecule has 0 spiro atoms. The molecule has 28 heavy (non-hydrogen) atoms. The molecule has 5 nitrogen and oxygen atoms in total.